The van der Waals surface area contributed by atoms with Gasteiger partial charge < -0.3 is 9.64 Å². The van der Waals surface area contributed by atoms with Gasteiger partial charge in [0.2, 0.25) is 0 Å². The summed E-state index contributed by atoms with van der Waals surface area (Å²) in [6.07, 6.45) is 1.31. The van der Waals surface area contributed by atoms with Crippen molar-refractivity contribution in [1.82, 2.24) is 4.90 Å². The zero-order chi connectivity index (χ0) is 19.4. The van der Waals surface area contributed by atoms with E-state index in [1.807, 2.05) is 30.3 Å². The van der Waals surface area contributed by atoms with Crippen LogP contribution in [0.1, 0.15) is 47.3 Å². The first-order chi connectivity index (χ1) is 13.0. The molecule has 2 atom stereocenters. The van der Waals surface area contributed by atoms with E-state index >= 15 is 0 Å². The molecule has 3 rings (SSSR count). The monoisotopic (exact) mass is 369 g/mol. The van der Waals surface area contributed by atoms with Crippen LogP contribution in [0.3, 0.4) is 0 Å². The zero-order valence-corrected chi connectivity index (χ0v) is 15.7. The molecule has 5 heteroatoms. The maximum Gasteiger partial charge on any atom is 0.311 e. The number of carbonyl (C=O) groups is 2. The maximum absolute atomic E-state index is 14.4. The van der Waals surface area contributed by atoms with Gasteiger partial charge in [0.1, 0.15) is 5.82 Å². The number of carbonyl (C=O) groups excluding carboxylic acids is 2. The van der Waals surface area contributed by atoms with Crippen LogP contribution in [0, 0.1) is 18.7 Å². The molecule has 0 bridgehead atoms. The van der Waals surface area contributed by atoms with Gasteiger partial charge in [-0.1, -0.05) is 42.5 Å². The Morgan fingerprint density at radius 1 is 1.15 bits per heavy atom. The summed E-state index contributed by atoms with van der Waals surface area (Å²) >= 11 is 0. The lowest BCUT2D eigenvalue weighted by Gasteiger charge is -2.40. The van der Waals surface area contributed by atoms with E-state index in [9.17, 15) is 14.0 Å². The summed E-state index contributed by atoms with van der Waals surface area (Å²) in [4.78, 5) is 27.5. The Labute approximate surface area is 158 Å². The Morgan fingerprint density at radius 3 is 2.56 bits per heavy atom. The molecule has 142 valence electrons. The fourth-order valence-corrected chi connectivity index (χ4v) is 3.83. The van der Waals surface area contributed by atoms with Gasteiger partial charge in [-0.3, -0.25) is 9.59 Å². The quantitative estimate of drug-likeness (QED) is 0.756. The van der Waals surface area contributed by atoms with Crippen LogP contribution in [0.15, 0.2) is 48.5 Å². The fraction of sp³-hybridized carbons (Fsp3) is 0.364. The summed E-state index contributed by atoms with van der Waals surface area (Å²) in [5.74, 6) is -1.69. The molecule has 0 N–H and O–H groups in total. The van der Waals surface area contributed by atoms with Crippen molar-refractivity contribution in [2.24, 2.45) is 5.92 Å². The van der Waals surface area contributed by atoms with E-state index < -0.39 is 17.8 Å². The number of halogens is 1. The highest BCUT2D eigenvalue weighted by atomic mass is 19.1. The van der Waals surface area contributed by atoms with E-state index in [1.54, 1.807) is 30.9 Å². The molecule has 1 aliphatic heterocycles. The van der Waals surface area contributed by atoms with Crippen LogP contribution in [-0.2, 0) is 9.53 Å². The van der Waals surface area contributed by atoms with Crippen molar-refractivity contribution >= 4 is 11.9 Å². The predicted molar refractivity (Wildman–Crippen MR) is 101 cm³/mol. The van der Waals surface area contributed by atoms with Crippen molar-refractivity contribution in [2.45, 2.75) is 32.7 Å². The summed E-state index contributed by atoms with van der Waals surface area (Å²) in [6.45, 7) is 4.25. The minimum Gasteiger partial charge on any atom is -0.466 e. The van der Waals surface area contributed by atoms with E-state index in [4.69, 9.17) is 4.74 Å². The van der Waals surface area contributed by atoms with Crippen LogP contribution in [-0.4, -0.2) is 29.9 Å². The fourth-order valence-electron chi connectivity index (χ4n) is 3.83. The summed E-state index contributed by atoms with van der Waals surface area (Å²) in [6, 6.07) is 13.6. The first kappa shape index (κ1) is 19.1. The van der Waals surface area contributed by atoms with Crippen LogP contribution in [0.5, 0.6) is 0 Å². The number of hydrogen-bond donors (Lipinski definition) is 0. The van der Waals surface area contributed by atoms with Gasteiger partial charge in [0.15, 0.2) is 0 Å². The number of benzene rings is 2. The standard InChI is InChI=1S/C22H24FNO3/c1-3-27-22(26)17-12-8-14-24(20(17)16-10-5-4-6-11-16)21(25)19-15(2)9-7-13-18(19)23/h4-7,9-11,13,17,20H,3,8,12,14H2,1-2H3. The lowest BCUT2D eigenvalue weighted by molar-refractivity contribution is -0.151. The molecule has 27 heavy (non-hydrogen) atoms. The minimum absolute atomic E-state index is 0.0722. The van der Waals surface area contributed by atoms with E-state index in [0.29, 0.717) is 24.9 Å². The van der Waals surface area contributed by atoms with Gasteiger partial charge in [-0.2, -0.15) is 0 Å². The summed E-state index contributed by atoms with van der Waals surface area (Å²) in [5.41, 5.74) is 1.52. The number of likely N-dealkylation sites (tertiary alicyclic amines) is 1. The van der Waals surface area contributed by atoms with Crippen LogP contribution in [0.4, 0.5) is 4.39 Å². The number of ether oxygens (including phenoxy) is 1. The van der Waals surface area contributed by atoms with Crippen molar-refractivity contribution < 1.29 is 18.7 Å². The van der Waals surface area contributed by atoms with Gasteiger partial charge in [0.05, 0.1) is 24.1 Å². The van der Waals surface area contributed by atoms with E-state index in [1.165, 1.54) is 6.07 Å². The number of piperidine rings is 1. The topological polar surface area (TPSA) is 46.6 Å². The molecule has 1 saturated heterocycles. The van der Waals surface area contributed by atoms with E-state index in [2.05, 4.69) is 0 Å². The summed E-state index contributed by atoms with van der Waals surface area (Å²) in [5, 5.41) is 0. The van der Waals surface area contributed by atoms with E-state index in [-0.39, 0.29) is 24.0 Å². The van der Waals surface area contributed by atoms with Gasteiger partial charge in [-0.05, 0) is 43.9 Å². The minimum atomic E-state index is -0.537. The summed E-state index contributed by atoms with van der Waals surface area (Å²) < 4.78 is 19.7. The smallest absolute Gasteiger partial charge is 0.311 e. The van der Waals surface area contributed by atoms with Gasteiger partial charge in [0, 0.05) is 6.54 Å². The molecule has 1 heterocycles. The lowest BCUT2D eigenvalue weighted by Crippen LogP contribution is -2.46. The van der Waals surface area contributed by atoms with Crippen LogP contribution >= 0.6 is 0 Å². The molecule has 2 unspecified atom stereocenters. The molecule has 2 aromatic carbocycles. The molecule has 1 amide bonds. The Morgan fingerprint density at radius 2 is 1.89 bits per heavy atom. The highest BCUT2D eigenvalue weighted by molar-refractivity contribution is 5.96. The van der Waals surface area contributed by atoms with Crippen LogP contribution < -0.4 is 0 Å². The van der Waals surface area contributed by atoms with Gasteiger partial charge >= 0.3 is 5.97 Å². The van der Waals surface area contributed by atoms with Gasteiger partial charge in [-0.25, -0.2) is 4.39 Å². The third-order valence-corrected chi connectivity index (χ3v) is 5.06. The number of hydrogen-bond acceptors (Lipinski definition) is 3. The van der Waals surface area contributed by atoms with Gasteiger partial charge in [0.25, 0.3) is 5.91 Å². The van der Waals surface area contributed by atoms with Crippen molar-refractivity contribution in [3.05, 3.63) is 71.0 Å². The Balaban J connectivity index is 2.03. The largest absolute Gasteiger partial charge is 0.466 e. The van der Waals surface area contributed by atoms with Crippen molar-refractivity contribution in [2.75, 3.05) is 13.2 Å². The molecule has 0 spiro atoms. The second-order valence-corrected chi connectivity index (χ2v) is 6.79. The average Bonchev–Trinajstić information content (AvgIpc) is 2.68. The normalized spacial score (nSPS) is 19.6. The molecule has 0 aromatic heterocycles. The maximum atomic E-state index is 14.4. The first-order valence-corrected chi connectivity index (χ1v) is 9.32. The third-order valence-electron chi connectivity index (χ3n) is 5.06. The highest BCUT2D eigenvalue weighted by Crippen LogP contribution is 2.38. The third kappa shape index (κ3) is 3.87. The Bertz CT molecular complexity index is 801. The molecule has 1 fully saturated rings. The van der Waals surface area contributed by atoms with Crippen molar-refractivity contribution in [3.63, 3.8) is 0 Å². The zero-order valence-electron chi connectivity index (χ0n) is 15.7. The molecular formula is C22H24FNO3. The molecule has 1 aliphatic rings. The van der Waals surface area contributed by atoms with Crippen LogP contribution in [0.2, 0.25) is 0 Å². The van der Waals surface area contributed by atoms with E-state index in [0.717, 1.165) is 5.56 Å². The SMILES string of the molecule is CCOC(=O)C1CCCN(C(=O)c2c(C)cccc2F)C1c1ccccc1. The molecule has 0 saturated carbocycles. The molecule has 0 aliphatic carbocycles. The number of amides is 1. The van der Waals surface area contributed by atoms with Crippen LogP contribution in [0.25, 0.3) is 0 Å². The second kappa shape index (κ2) is 8.33. The van der Waals surface area contributed by atoms with Crippen molar-refractivity contribution in [3.8, 4) is 0 Å². The number of rotatable bonds is 4. The Hall–Kier alpha value is -2.69. The molecule has 2 aromatic rings. The lowest BCUT2D eigenvalue weighted by atomic mass is 9.84. The second-order valence-electron chi connectivity index (χ2n) is 6.79. The predicted octanol–water partition coefficient (Wildman–Crippen LogP) is 4.29. The van der Waals surface area contributed by atoms with Crippen molar-refractivity contribution in [1.29, 1.82) is 0 Å². The molecule has 4 nitrogen and oxygen atoms in total. The summed E-state index contributed by atoms with van der Waals surface area (Å²) in [7, 11) is 0. The highest BCUT2D eigenvalue weighted by Gasteiger charge is 2.41. The molecule has 0 radical (unpaired) electrons. The average molecular weight is 369 g/mol. The molecular weight excluding hydrogens is 345 g/mol. The van der Waals surface area contributed by atoms with Gasteiger partial charge in [-0.15, -0.1) is 0 Å². The Kier molecular flexibility index (Phi) is 5.89. The first-order valence-electron chi connectivity index (χ1n) is 9.32. The number of esters is 1. The number of nitrogens with zero attached hydrogens (tertiary/aromatic N) is 1. The number of aryl methyl sites for hydroxylation is 1.